The van der Waals surface area contributed by atoms with Crippen LogP contribution in [0.4, 0.5) is 4.79 Å². The number of hydrogen-bond donors (Lipinski definition) is 3. The number of aliphatic hydroxyl groups excluding tert-OH is 1. The molecule has 1 aromatic carbocycles. The van der Waals surface area contributed by atoms with Gasteiger partial charge in [-0.25, -0.2) is 14.8 Å². The average molecular weight is 342 g/mol. The lowest BCUT2D eigenvalue weighted by atomic mass is 10.0. The Kier molecular flexibility index (Phi) is 6.89. The molecule has 0 saturated heterocycles. The second kappa shape index (κ2) is 9.13. The average Bonchev–Trinajstić information content (AvgIpc) is 2.62. The van der Waals surface area contributed by atoms with E-state index in [4.69, 9.17) is 0 Å². The van der Waals surface area contributed by atoms with Gasteiger partial charge in [0.25, 0.3) is 0 Å². The fraction of sp³-hybridized carbons (Fsp3) is 0.421. The maximum atomic E-state index is 11.9. The predicted octanol–water partition coefficient (Wildman–Crippen LogP) is 2.91. The summed E-state index contributed by atoms with van der Waals surface area (Å²) in [5, 5.41) is 15.4. The molecule has 0 aliphatic heterocycles. The Morgan fingerprint density at radius 2 is 1.72 bits per heavy atom. The molecular weight excluding hydrogens is 316 g/mol. The highest BCUT2D eigenvalue weighted by atomic mass is 16.3. The molecule has 0 bridgehead atoms. The lowest BCUT2D eigenvalue weighted by Crippen LogP contribution is -2.38. The summed E-state index contributed by atoms with van der Waals surface area (Å²) in [6, 6.07) is 7.60. The number of aliphatic hydroxyl groups is 1. The van der Waals surface area contributed by atoms with Crippen LogP contribution >= 0.6 is 0 Å². The van der Waals surface area contributed by atoms with Gasteiger partial charge >= 0.3 is 6.03 Å². The van der Waals surface area contributed by atoms with Gasteiger partial charge < -0.3 is 15.7 Å². The monoisotopic (exact) mass is 342 g/mol. The van der Waals surface area contributed by atoms with E-state index in [0.29, 0.717) is 13.0 Å². The minimum absolute atomic E-state index is 0.115. The molecule has 0 aliphatic rings. The largest absolute Gasteiger partial charge is 0.393 e. The van der Waals surface area contributed by atoms with Crippen LogP contribution in [0.1, 0.15) is 38.8 Å². The lowest BCUT2D eigenvalue weighted by molar-refractivity contribution is 0.116. The van der Waals surface area contributed by atoms with Crippen molar-refractivity contribution in [2.24, 2.45) is 5.92 Å². The molecule has 25 heavy (non-hydrogen) atoms. The van der Waals surface area contributed by atoms with E-state index < -0.39 is 6.10 Å². The highest BCUT2D eigenvalue weighted by Crippen LogP contribution is 2.20. The predicted molar refractivity (Wildman–Crippen MR) is 97.9 cm³/mol. The van der Waals surface area contributed by atoms with Crippen molar-refractivity contribution in [2.45, 2.75) is 39.3 Å². The smallest absolute Gasteiger partial charge is 0.315 e. The molecule has 0 spiro atoms. The zero-order chi connectivity index (χ0) is 18.2. The van der Waals surface area contributed by atoms with Crippen molar-refractivity contribution in [3.63, 3.8) is 0 Å². The Bertz CT molecular complexity index is 659. The molecule has 2 unspecified atom stereocenters. The second-order valence-corrected chi connectivity index (χ2v) is 6.47. The summed E-state index contributed by atoms with van der Waals surface area (Å²) in [5.41, 5.74) is 3.00. The number of urea groups is 1. The van der Waals surface area contributed by atoms with E-state index in [1.807, 2.05) is 45.0 Å². The number of benzene rings is 1. The third kappa shape index (κ3) is 5.83. The quantitative estimate of drug-likeness (QED) is 0.722. The molecule has 1 heterocycles. The van der Waals surface area contributed by atoms with Crippen LogP contribution in [0.5, 0.6) is 0 Å². The first-order valence-corrected chi connectivity index (χ1v) is 8.55. The molecule has 0 aliphatic carbocycles. The molecule has 3 N–H and O–H groups in total. The molecule has 2 aromatic rings. The summed E-state index contributed by atoms with van der Waals surface area (Å²) in [4.78, 5) is 20.0. The van der Waals surface area contributed by atoms with Crippen LogP contribution in [0.15, 0.2) is 43.0 Å². The number of nitrogens with zero attached hydrogens (tertiary/aromatic N) is 2. The van der Waals surface area contributed by atoms with Crippen LogP contribution in [0.25, 0.3) is 11.1 Å². The van der Waals surface area contributed by atoms with Crippen molar-refractivity contribution in [1.82, 2.24) is 20.6 Å². The van der Waals surface area contributed by atoms with Crippen molar-refractivity contribution in [3.05, 3.63) is 48.5 Å². The zero-order valence-electron chi connectivity index (χ0n) is 14.9. The Morgan fingerprint density at radius 1 is 1.08 bits per heavy atom. The van der Waals surface area contributed by atoms with Gasteiger partial charge in [-0.1, -0.05) is 38.1 Å². The van der Waals surface area contributed by atoms with Gasteiger partial charge in [0.1, 0.15) is 6.33 Å². The summed E-state index contributed by atoms with van der Waals surface area (Å²) in [6.07, 6.45) is 5.19. The fourth-order valence-corrected chi connectivity index (χ4v) is 2.41. The number of aromatic nitrogens is 2. The van der Waals surface area contributed by atoms with Gasteiger partial charge in [-0.2, -0.15) is 0 Å². The maximum Gasteiger partial charge on any atom is 0.315 e. The Labute approximate surface area is 148 Å². The summed E-state index contributed by atoms with van der Waals surface area (Å²) < 4.78 is 0. The number of nitrogens with one attached hydrogen (secondary N) is 2. The highest BCUT2D eigenvalue weighted by molar-refractivity contribution is 5.74. The standard InChI is InChI=1S/C19H26N4O2/c1-13(2)18(24)8-9-22-19(25)23-14(3)15-4-6-16(7-5-15)17-10-20-12-21-11-17/h4-7,10-14,18,24H,8-9H2,1-3H3,(H2,22,23,25). The zero-order valence-corrected chi connectivity index (χ0v) is 14.9. The fourth-order valence-electron chi connectivity index (χ4n) is 2.41. The Balaban J connectivity index is 1.84. The SMILES string of the molecule is CC(NC(=O)NCCC(O)C(C)C)c1ccc(-c2cncnc2)cc1. The lowest BCUT2D eigenvalue weighted by Gasteiger charge is -2.17. The van der Waals surface area contributed by atoms with E-state index in [2.05, 4.69) is 20.6 Å². The van der Waals surface area contributed by atoms with Crippen LogP contribution in [-0.2, 0) is 0 Å². The molecule has 2 atom stereocenters. The normalized spacial score (nSPS) is 13.3. The summed E-state index contributed by atoms with van der Waals surface area (Å²) in [6.45, 7) is 6.30. The Hall–Kier alpha value is -2.47. The Morgan fingerprint density at radius 3 is 2.32 bits per heavy atom. The van der Waals surface area contributed by atoms with E-state index in [9.17, 15) is 9.90 Å². The van der Waals surface area contributed by atoms with Crippen molar-refractivity contribution in [3.8, 4) is 11.1 Å². The topological polar surface area (TPSA) is 87.1 Å². The van der Waals surface area contributed by atoms with E-state index >= 15 is 0 Å². The first-order chi connectivity index (χ1) is 12.0. The summed E-state index contributed by atoms with van der Waals surface area (Å²) >= 11 is 0. The summed E-state index contributed by atoms with van der Waals surface area (Å²) in [7, 11) is 0. The van der Waals surface area contributed by atoms with Gasteiger partial charge in [0.05, 0.1) is 12.1 Å². The number of rotatable bonds is 7. The number of amides is 2. The van der Waals surface area contributed by atoms with E-state index in [0.717, 1.165) is 16.7 Å². The molecular formula is C19H26N4O2. The number of carbonyl (C=O) groups excluding carboxylic acids is 1. The number of carbonyl (C=O) groups is 1. The van der Waals surface area contributed by atoms with Crippen LogP contribution in [-0.4, -0.2) is 33.8 Å². The molecule has 6 nitrogen and oxygen atoms in total. The van der Waals surface area contributed by atoms with Gasteiger partial charge in [0.2, 0.25) is 0 Å². The molecule has 1 aromatic heterocycles. The van der Waals surface area contributed by atoms with Gasteiger partial charge in [-0.05, 0) is 30.4 Å². The van der Waals surface area contributed by atoms with Gasteiger partial charge in [0.15, 0.2) is 0 Å². The van der Waals surface area contributed by atoms with Gasteiger partial charge in [-0.3, -0.25) is 0 Å². The first-order valence-electron chi connectivity index (χ1n) is 8.55. The van der Waals surface area contributed by atoms with Crippen molar-refractivity contribution in [1.29, 1.82) is 0 Å². The molecule has 0 fully saturated rings. The molecule has 2 rings (SSSR count). The van der Waals surface area contributed by atoms with Gasteiger partial charge in [-0.15, -0.1) is 0 Å². The second-order valence-electron chi connectivity index (χ2n) is 6.47. The van der Waals surface area contributed by atoms with E-state index in [1.54, 1.807) is 12.4 Å². The third-order valence-electron chi connectivity index (χ3n) is 4.15. The van der Waals surface area contributed by atoms with Crippen molar-refractivity contribution in [2.75, 3.05) is 6.54 Å². The van der Waals surface area contributed by atoms with E-state index in [-0.39, 0.29) is 18.0 Å². The van der Waals surface area contributed by atoms with Gasteiger partial charge in [0, 0.05) is 24.5 Å². The van der Waals surface area contributed by atoms with Crippen LogP contribution in [0, 0.1) is 5.92 Å². The molecule has 2 amide bonds. The van der Waals surface area contributed by atoms with Crippen LogP contribution in [0.3, 0.4) is 0 Å². The van der Waals surface area contributed by atoms with Crippen LogP contribution in [0.2, 0.25) is 0 Å². The molecule has 6 heteroatoms. The summed E-state index contributed by atoms with van der Waals surface area (Å²) in [5.74, 6) is 0.192. The first kappa shape index (κ1) is 18.9. The molecule has 134 valence electrons. The minimum Gasteiger partial charge on any atom is -0.393 e. The number of hydrogen-bond acceptors (Lipinski definition) is 4. The van der Waals surface area contributed by atoms with Crippen LogP contribution < -0.4 is 10.6 Å². The molecule has 0 radical (unpaired) electrons. The highest BCUT2D eigenvalue weighted by Gasteiger charge is 2.12. The molecule has 0 saturated carbocycles. The third-order valence-corrected chi connectivity index (χ3v) is 4.15. The maximum absolute atomic E-state index is 11.9. The van der Waals surface area contributed by atoms with Crippen molar-refractivity contribution < 1.29 is 9.90 Å². The van der Waals surface area contributed by atoms with E-state index in [1.165, 1.54) is 6.33 Å². The minimum atomic E-state index is -0.396. The van der Waals surface area contributed by atoms with Crippen molar-refractivity contribution >= 4 is 6.03 Å².